The second-order valence-corrected chi connectivity index (χ2v) is 4.49. The number of hydrogen-bond acceptors (Lipinski definition) is 5. The molecule has 0 aliphatic heterocycles. The van der Waals surface area contributed by atoms with Gasteiger partial charge in [-0.05, 0) is 12.1 Å². The van der Waals surface area contributed by atoms with Crippen LogP contribution >= 0.6 is 11.3 Å². The molecule has 5 nitrogen and oxygen atoms in total. The Labute approximate surface area is 110 Å². The highest BCUT2D eigenvalue weighted by atomic mass is 32.1. The topological polar surface area (TPSA) is 72.6 Å². The van der Waals surface area contributed by atoms with Crippen LogP contribution in [0.15, 0.2) is 12.1 Å². The van der Waals surface area contributed by atoms with Crippen molar-refractivity contribution in [2.24, 2.45) is 5.73 Å². The number of nitrogens with two attached hydrogens (primary N) is 1. The number of carbonyl (C=O) groups is 2. The number of ether oxygens (including phenoxy) is 1. The summed E-state index contributed by atoms with van der Waals surface area (Å²) in [5.74, 6) is 4.88. The fourth-order valence-corrected chi connectivity index (χ4v) is 2.05. The van der Waals surface area contributed by atoms with Gasteiger partial charge in [-0.25, -0.2) is 0 Å². The third kappa shape index (κ3) is 3.87. The third-order valence-electron chi connectivity index (χ3n) is 2.07. The van der Waals surface area contributed by atoms with E-state index in [4.69, 9.17) is 5.73 Å². The van der Waals surface area contributed by atoms with Crippen molar-refractivity contribution in [3.05, 3.63) is 21.9 Å². The van der Waals surface area contributed by atoms with Crippen molar-refractivity contribution in [3.8, 4) is 11.8 Å². The molecule has 0 spiro atoms. The van der Waals surface area contributed by atoms with Gasteiger partial charge in [-0.3, -0.25) is 9.59 Å². The van der Waals surface area contributed by atoms with Crippen LogP contribution in [-0.2, 0) is 9.53 Å². The van der Waals surface area contributed by atoms with Crippen molar-refractivity contribution < 1.29 is 14.3 Å². The third-order valence-corrected chi connectivity index (χ3v) is 3.06. The quantitative estimate of drug-likeness (QED) is 0.631. The molecular formula is C12H14N2O3S. The maximum atomic E-state index is 11.9. The summed E-state index contributed by atoms with van der Waals surface area (Å²) >= 11 is 1.27. The molecule has 0 saturated heterocycles. The average Bonchev–Trinajstić information content (AvgIpc) is 2.83. The molecule has 1 rings (SSSR count). The molecule has 0 radical (unpaired) electrons. The molecule has 1 aromatic heterocycles. The SMILES string of the molecule is COC(=O)CN(C)C(=O)c1ccc(C#CCN)s1. The number of methoxy groups -OCH3 is 1. The summed E-state index contributed by atoms with van der Waals surface area (Å²) in [5.41, 5.74) is 5.27. The second-order valence-electron chi connectivity index (χ2n) is 3.41. The predicted octanol–water partition coefficient (Wildman–Crippen LogP) is 0.303. The highest BCUT2D eigenvalue weighted by molar-refractivity contribution is 7.14. The Hall–Kier alpha value is -1.84. The smallest absolute Gasteiger partial charge is 0.325 e. The summed E-state index contributed by atoms with van der Waals surface area (Å²) in [6, 6.07) is 3.44. The second kappa shape index (κ2) is 6.79. The molecule has 1 aromatic rings. The van der Waals surface area contributed by atoms with Crippen LogP contribution in [0.25, 0.3) is 0 Å². The van der Waals surface area contributed by atoms with Gasteiger partial charge in [0.15, 0.2) is 0 Å². The highest BCUT2D eigenvalue weighted by Gasteiger charge is 2.16. The molecule has 0 fully saturated rings. The molecular weight excluding hydrogens is 252 g/mol. The summed E-state index contributed by atoms with van der Waals surface area (Å²) in [6.07, 6.45) is 0. The summed E-state index contributed by atoms with van der Waals surface area (Å²) in [7, 11) is 2.83. The first-order chi connectivity index (χ1) is 8.58. The van der Waals surface area contributed by atoms with Crippen molar-refractivity contribution in [2.75, 3.05) is 27.2 Å². The number of rotatable bonds is 3. The van der Waals surface area contributed by atoms with E-state index in [-0.39, 0.29) is 19.0 Å². The van der Waals surface area contributed by atoms with Gasteiger partial charge in [0.05, 0.1) is 23.4 Å². The van der Waals surface area contributed by atoms with E-state index in [0.29, 0.717) is 4.88 Å². The van der Waals surface area contributed by atoms with E-state index in [0.717, 1.165) is 4.88 Å². The van der Waals surface area contributed by atoms with E-state index in [1.165, 1.54) is 23.3 Å². The molecule has 0 atom stereocenters. The molecule has 2 N–H and O–H groups in total. The first kappa shape index (κ1) is 14.2. The van der Waals surface area contributed by atoms with Gasteiger partial charge in [-0.2, -0.15) is 0 Å². The van der Waals surface area contributed by atoms with Crippen LogP contribution in [0.4, 0.5) is 0 Å². The Morgan fingerprint density at radius 2 is 2.22 bits per heavy atom. The van der Waals surface area contributed by atoms with Crippen molar-refractivity contribution in [3.63, 3.8) is 0 Å². The van der Waals surface area contributed by atoms with Crippen LogP contribution in [0.2, 0.25) is 0 Å². The van der Waals surface area contributed by atoms with Crippen molar-refractivity contribution in [1.29, 1.82) is 0 Å². The van der Waals surface area contributed by atoms with Crippen LogP contribution in [0.1, 0.15) is 14.5 Å². The maximum absolute atomic E-state index is 11.9. The summed E-state index contributed by atoms with van der Waals surface area (Å²) in [4.78, 5) is 25.6. The van der Waals surface area contributed by atoms with Gasteiger partial charge in [0, 0.05) is 7.05 Å². The summed E-state index contributed by atoms with van der Waals surface area (Å²) in [6.45, 7) is 0.209. The Morgan fingerprint density at radius 1 is 1.50 bits per heavy atom. The van der Waals surface area contributed by atoms with Gasteiger partial charge in [0.2, 0.25) is 0 Å². The van der Waals surface area contributed by atoms with E-state index in [1.54, 1.807) is 19.2 Å². The monoisotopic (exact) mass is 266 g/mol. The van der Waals surface area contributed by atoms with Gasteiger partial charge in [-0.15, -0.1) is 11.3 Å². The number of likely N-dealkylation sites (N-methyl/N-ethyl adjacent to an activating group) is 1. The molecule has 0 bridgehead atoms. The molecule has 0 saturated carbocycles. The van der Waals surface area contributed by atoms with Gasteiger partial charge in [0.1, 0.15) is 6.54 Å². The van der Waals surface area contributed by atoms with E-state index in [9.17, 15) is 9.59 Å². The Morgan fingerprint density at radius 3 is 2.83 bits per heavy atom. The van der Waals surface area contributed by atoms with Gasteiger partial charge in [-0.1, -0.05) is 11.8 Å². The zero-order valence-corrected chi connectivity index (χ0v) is 11.0. The Bertz CT molecular complexity index is 499. The number of amides is 1. The summed E-state index contributed by atoms with van der Waals surface area (Å²) < 4.78 is 4.50. The van der Waals surface area contributed by atoms with Crippen LogP contribution in [0, 0.1) is 11.8 Å². The number of thiophene rings is 1. The minimum atomic E-state index is -0.453. The zero-order valence-electron chi connectivity index (χ0n) is 10.2. The number of carbonyl (C=O) groups excluding carboxylic acids is 2. The predicted molar refractivity (Wildman–Crippen MR) is 69.2 cm³/mol. The first-order valence-electron chi connectivity index (χ1n) is 5.19. The maximum Gasteiger partial charge on any atom is 0.325 e. The largest absolute Gasteiger partial charge is 0.468 e. The average molecular weight is 266 g/mol. The molecule has 0 unspecified atom stereocenters. The highest BCUT2D eigenvalue weighted by Crippen LogP contribution is 2.17. The summed E-state index contributed by atoms with van der Waals surface area (Å²) in [5, 5.41) is 0. The fraction of sp³-hybridized carbons (Fsp3) is 0.333. The number of hydrogen-bond donors (Lipinski definition) is 1. The molecule has 18 heavy (non-hydrogen) atoms. The lowest BCUT2D eigenvalue weighted by Crippen LogP contribution is -2.32. The lowest BCUT2D eigenvalue weighted by atomic mass is 10.4. The van der Waals surface area contributed by atoms with E-state index in [2.05, 4.69) is 16.6 Å². The number of esters is 1. The zero-order chi connectivity index (χ0) is 13.5. The lowest BCUT2D eigenvalue weighted by Gasteiger charge is -2.13. The van der Waals surface area contributed by atoms with E-state index < -0.39 is 5.97 Å². The Balaban J connectivity index is 2.72. The normalized spacial score (nSPS) is 9.28. The van der Waals surface area contributed by atoms with Crippen molar-refractivity contribution in [1.82, 2.24) is 4.90 Å². The van der Waals surface area contributed by atoms with Crippen LogP contribution in [-0.4, -0.2) is 44.0 Å². The van der Waals surface area contributed by atoms with Gasteiger partial charge in [0.25, 0.3) is 5.91 Å². The fourth-order valence-electron chi connectivity index (χ4n) is 1.18. The molecule has 1 amide bonds. The van der Waals surface area contributed by atoms with Crippen LogP contribution in [0.5, 0.6) is 0 Å². The van der Waals surface area contributed by atoms with Gasteiger partial charge < -0.3 is 15.4 Å². The molecule has 96 valence electrons. The van der Waals surface area contributed by atoms with Crippen molar-refractivity contribution >= 4 is 23.2 Å². The lowest BCUT2D eigenvalue weighted by molar-refractivity contribution is -0.141. The van der Waals surface area contributed by atoms with E-state index >= 15 is 0 Å². The minimum absolute atomic E-state index is 0.0724. The standard InChI is InChI=1S/C12H14N2O3S/c1-14(8-11(15)17-2)12(16)10-6-5-9(18-10)4-3-7-13/h5-6H,7-8,13H2,1-2H3. The molecule has 6 heteroatoms. The minimum Gasteiger partial charge on any atom is -0.468 e. The molecule has 0 aromatic carbocycles. The van der Waals surface area contributed by atoms with Crippen LogP contribution < -0.4 is 5.73 Å². The molecule has 0 aliphatic carbocycles. The van der Waals surface area contributed by atoms with Gasteiger partial charge >= 0.3 is 5.97 Å². The number of nitrogens with zero attached hydrogens (tertiary/aromatic N) is 1. The first-order valence-corrected chi connectivity index (χ1v) is 6.01. The van der Waals surface area contributed by atoms with E-state index in [1.807, 2.05) is 0 Å². The Kier molecular flexibility index (Phi) is 5.36. The molecule has 1 heterocycles. The van der Waals surface area contributed by atoms with Crippen LogP contribution in [0.3, 0.4) is 0 Å². The van der Waals surface area contributed by atoms with Crippen molar-refractivity contribution in [2.45, 2.75) is 0 Å². The molecule has 0 aliphatic rings.